The fourth-order valence-electron chi connectivity index (χ4n) is 3.00. The van der Waals surface area contributed by atoms with Crippen LogP contribution in [0.5, 0.6) is 0 Å². The van der Waals surface area contributed by atoms with E-state index in [0.717, 1.165) is 24.4 Å². The molecule has 3 unspecified atom stereocenters. The lowest BCUT2D eigenvalue weighted by molar-refractivity contribution is 0.310. The van der Waals surface area contributed by atoms with Gasteiger partial charge in [-0.2, -0.15) is 0 Å². The standard InChI is InChI=1S/C14H20N2/c15-9-11-6-7-16(10-11)14-8-13(14)12-4-2-1-3-5-12/h1-5,11,13-14H,6-10,15H2. The molecule has 3 atom stereocenters. The van der Waals surface area contributed by atoms with E-state index in [-0.39, 0.29) is 0 Å². The Morgan fingerprint density at radius 1 is 1.25 bits per heavy atom. The van der Waals surface area contributed by atoms with Gasteiger partial charge in [0, 0.05) is 18.5 Å². The Hall–Kier alpha value is -0.860. The number of likely N-dealkylation sites (tertiary alicyclic amines) is 1. The minimum Gasteiger partial charge on any atom is -0.330 e. The molecule has 2 N–H and O–H groups in total. The maximum absolute atomic E-state index is 5.74. The van der Waals surface area contributed by atoms with Gasteiger partial charge in [0.1, 0.15) is 0 Å². The zero-order valence-corrected chi connectivity index (χ0v) is 9.68. The summed E-state index contributed by atoms with van der Waals surface area (Å²) in [6.07, 6.45) is 2.65. The van der Waals surface area contributed by atoms with Gasteiger partial charge in [0.25, 0.3) is 0 Å². The quantitative estimate of drug-likeness (QED) is 0.835. The van der Waals surface area contributed by atoms with Gasteiger partial charge in [-0.15, -0.1) is 0 Å². The summed E-state index contributed by atoms with van der Waals surface area (Å²) in [5.74, 6) is 1.54. The highest BCUT2D eigenvalue weighted by Gasteiger charge is 2.44. The largest absolute Gasteiger partial charge is 0.330 e. The van der Waals surface area contributed by atoms with Crippen LogP contribution in [0.4, 0.5) is 0 Å². The number of benzene rings is 1. The minimum atomic E-state index is 0.747. The maximum atomic E-state index is 5.74. The van der Waals surface area contributed by atoms with Crippen molar-refractivity contribution in [3.8, 4) is 0 Å². The summed E-state index contributed by atoms with van der Waals surface area (Å²) >= 11 is 0. The zero-order chi connectivity index (χ0) is 11.0. The number of hydrogen-bond donors (Lipinski definition) is 1. The Labute approximate surface area is 97.4 Å². The molecule has 2 heteroatoms. The Bertz CT molecular complexity index is 349. The first-order valence-corrected chi connectivity index (χ1v) is 6.37. The predicted molar refractivity (Wildman–Crippen MR) is 66.3 cm³/mol. The number of rotatable bonds is 3. The topological polar surface area (TPSA) is 29.3 Å². The molecule has 1 aromatic rings. The van der Waals surface area contributed by atoms with Gasteiger partial charge >= 0.3 is 0 Å². The van der Waals surface area contributed by atoms with Gasteiger partial charge in [-0.05, 0) is 37.4 Å². The van der Waals surface area contributed by atoms with E-state index < -0.39 is 0 Å². The summed E-state index contributed by atoms with van der Waals surface area (Å²) in [5, 5.41) is 0. The molecule has 1 saturated heterocycles. The summed E-state index contributed by atoms with van der Waals surface area (Å²) < 4.78 is 0. The van der Waals surface area contributed by atoms with Crippen molar-refractivity contribution in [1.29, 1.82) is 0 Å². The fraction of sp³-hybridized carbons (Fsp3) is 0.571. The van der Waals surface area contributed by atoms with E-state index in [4.69, 9.17) is 5.73 Å². The highest BCUT2D eigenvalue weighted by atomic mass is 15.2. The van der Waals surface area contributed by atoms with E-state index in [9.17, 15) is 0 Å². The van der Waals surface area contributed by atoms with Gasteiger partial charge in [0.2, 0.25) is 0 Å². The zero-order valence-electron chi connectivity index (χ0n) is 9.68. The molecule has 1 aliphatic carbocycles. The van der Waals surface area contributed by atoms with Gasteiger partial charge in [-0.25, -0.2) is 0 Å². The van der Waals surface area contributed by atoms with Crippen LogP contribution in [0, 0.1) is 5.92 Å². The second kappa shape index (κ2) is 4.19. The molecule has 0 amide bonds. The number of nitrogens with two attached hydrogens (primary N) is 1. The molecule has 3 rings (SSSR count). The van der Waals surface area contributed by atoms with Gasteiger partial charge in [0.15, 0.2) is 0 Å². The third kappa shape index (κ3) is 1.87. The lowest BCUT2D eigenvalue weighted by Gasteiger charge is -2.15. The molecule has 1 aliphatic heterocycles. The van der Waals surface area contributed by atoms with Crippen molar-refractivity contribution < 1.29 is 0 Å². The van der Waals surface area contributed by atoms with Crippen LogP contribution in [-0.2, 0) is 0 Å². The first-order valence-electron chi connectivity index (χ1n) is 6.37. The van der Waals surface area contributed by atoms with Crippen molar-refractivity contribution in [2.45, 2.75) is 24.8 Å². The van der Waals surface area contributed by atoms with Crippen LogP contribution in [0.2, 0.25) is 0 Å². The summed E-state index contributed by atoms with van der Waals surface area (Å²) in [4.78, 5) is 2.65. The van der Waals surface area contributed by atoms with Gasteiger partial charge < -0.3 is 5.73 Å². The molecule has 1 saturated carbocycles. The molecule has 1 heterocycles. The van der Waals surface area contributed by atoms with Crippen LogP contribution in [-0.4, -0.2) is 30.6 Å². The molecule has 86 valence electrons. The molecule has 2 nitrogen and oxygen atoms in total. The molecular formula is C14H20N2. The smallest absolute Gasteiger partial charge is 0.0171 e. The third-order valence-electron chi connectivity index (χ3n) is 4.10. The van der Waals surface area contributed by atoms with Crippen LogP contribution in [0.3, 0.4) is 0 Å². The molecule has 0 radical (unpaired) electrons. The first-order chi connectivity index (χ1) is 7.88. The average Bonchev–Trinajstić information content (AvgIpc) is 3.01. The lowest BCUT2D eigenvalue weighted by Crippen LogP contribution is -2.26. The molecule has 2 fully saturated rings. The molecule has 0 aromatic heterocycles. The van der Waals surface area contributed by atoms with E-state index in [2.05, 4.69) is 35.2 Å². The van der Waals surface area contributed by atoms with Crippen LogP contribution in [0.1, 0.15) is 24.3 Å². The van der Waals surface area contributed by atoms with Gasteiger partial charge in [0.05, 0.1) is 0 Å². The van der Waals surface area contributed by atoms with Crippen LogP contribution >= 0.6 is 0 Å². The van der Waals surface area contributed by atoms with Crippen molar-refractivity contribution in [3.63, 3.8) is 0 Å². The highest BCUT2D eigenvalue weighted by Crippen LogP contribution is 2.46. The maximum Gasteiger partial charge on any atom is 0.0171 e. The molecule has 2 aliphatic rings. The second-order valence-corrected chi connectivity index (χ2v) is 5.21. The summed E-state index contributed by atoms with van der Waals surface area (Å²) in [6, 6.07) is 11.7. The van der Waals surface area contributed by atoms with Crippen LogP contribution in [0.25, 0.3) is 0 Å². The van der Waals surface area contributed by atoms with E-state index in [1.54, 1.807) is 0 Å². The predicted octanol–water partition coefficient (Wildman–Crippen LogP) is 1.82. The Kier molecular flexibility index (Phi) is 2.70. The second-order valence-electron chi connectivity index (χ2n) is 5.21. The summed E-state index contributed by atoms with van der Waals surface area (Å²) in [7, 11) is 0. The van der Waals surface area contributed by atoms with Crippen LogP contribution < -0.4 is 5.73 Å². The van der Waals surface area contributed by atoms with Crippen molar-refractivity contribution in [2.24, 2.45) is 11.7 Å². The molecule has 1 aromatic carbocycles. The molecule has 0 bridgehead atoms. The number of nitrogens with zero attached hydrogens (tertiary/aromatic N) is 1. The normalized spacial score (nSPS) is 34.2. The molecule has 16 heavy (non-hydrogen) atoms. The molecular weight excluding hydrogens is 196 g/mol. The Balaban J connectivity index is 1.61. The fourth-order valence-corrected chi connectivity index (χ4v) is 3.00. The van der Waals surface area contributed by atoms with Crippen molar-refractivity contribution >= 4 is 0 Å². The van der Waals surface area contributed by atoms with E-state index in [0.29, 0.717) is 0 Å². The van der Waals surface area contributed by atoms with Gasteiger partial charge in [-0.1, -0.05) is 30.3 Å². The van der Waals surface area contributed by atoms with Gasteiger partial charge in [-0.3, -0.25) is 4.90 Å². The monoisotopic (exact) mass is 216 g/mol. The third-order valence-corrected chi connectivity index (χ3v) is 4.10. The lowest BCUT2D eigenvalue weighted by atomic mass is 10.1. The Morgan fingerprint density at radius 3 is 2.75 bits per heavy atom. The van der Waals surface area contributed by atoms with Crippen molar-refractivity contribution in [2.75, 3.05) is 19.6 Å². The first kappa shape index (κ1) is 10.3. The van der Waals surface area contributed by atoms with E-state index >= 15 is 0 Å². The highest BCUT2D eigenvalue weighted by molar-refractivity contribution is 5.28. The summed E-state index contributed by atoms with van der Waals surface area (Å²) in [5.41, 5.74) is 7.25. The number of hydrogen-bond acceptors (Lipinski definition) is 2. The van der Waals surface area contributed by atoms with Crippen LogP contribution in [0.15, 0.2) is 30.3 Å². The van der Waals surface area contributed by atoms with E-state index in [1.165, 1.54) is 31.5 Å². The van der Waals surface area contributed by atoms with Crippen molar-refractivity contribution in [1.82, 2.24) is 4.90 Å². The van der Waals surface area contributed by atoms with E-state index in [1.807, 2.05) is 0 Å². The summed E-state index contributed by atoms with van der Waals surface area (Å²) in [6.45, 7) is 3.35. The Morgan fingerprint density at radius 2 is 2.06 bits per heavy atom. The average molecular weight is 216 g/mol. The molecule has 0 spiro atoms. The minimum absolute atomic E-state index is 0.747. The SMILES string of the molecule is NCC1CCN(C2CC2c2ccccc2)C1. The van der Waals surface area contributed by atoms with Crippen molar-refractivity contribution in [3.05, 3.63) is 35.9 Å².